The van der Waals surface area contributed by atoms with E-state index in [0.717, 1.165) is 17.5 Å². The van der Waals surface area contributed by atoms with Crippen LogP contribution in [-0.4, -0.2) is 20.8 Å². The summed E-state index contributed by atoms with van der Waals surface area (Å²) in [7, 11) is 0. The molecule has 2 aromatic rings. The second-order valence-corrected chi connectivity index (χ2v) is 5.70. The number of aromatic nitrogens is 3. The first-order valence-corrected chi connectivity index (χ1v) is 7.12. The van der Waals surface area contributed by atoms with Gasteiger partial charge in [0.05, 0.1) is 11.4 Å². The third kappa shape index (κ3) is 2.23. The lowest BCUT2D eigenvalue weighted by molar-refractivity contribution is 0.567. The molecule has 0 unspecified atom stereocenters. The normalized spacial score (nSPS) is 18.8. The molecule has 0 atom stereocenters. The Balaban J connectivity index is 1.63. The summed E-state index contributed by atoms with van der Waals surface area (Å²) in [6.07, 6.45) is 8.89. The molecule has 0 radical (unpaired) electrons. The lowest BCUT2D eigenvalue weighted by Crippen LogP contribution is -2.25. The van der Waals surface area contributed by atoms with Crippen molar-refractivity contribution >= 4 is 5.69 Å². The number of benzene rings is 1. The zero-order chi connectivity index (χ0) is 12.7. The van der Waals surface area contributed by atoms with E-state index >= 15 is 0 Å². The molecule has 2 aliphatic carbocycles. The Morgan fingerprint density at radius 1 is 1.11 bits per heavy atom. The summed E-state index contributed by atoms with van der Waals surface area (Å²) in [6, 6.07) is 9.03. The third-order valence-electron chi connectivity index (χ3n) is 4.15. The minimum absolute atomic E-state index is 0.657. The van der Waals surface area contributed by atoms with Crippen molar-refractivity contribution in [1.82, 2.24) is 14.8 Å². The molecule has 0 saturated heterocycles. The fourth-order valence-electron chi connectivity index (χ4n) is 2.84. The van der Waals surface area contributed by atoms with Gasteiger partial charge in [-0.15, -0.1) is 0 Å². The number of nitrogens with zero attached hydrogens (tertiary/aromatic N) is 3. The number of anilines is 1. The Morgan fingerprint density at radius 3 is 2.47 bits per heavy atom. The highest BCUT2D eigenvalue weighted by atomic mass is 15.3. The molecule has 1 N–H and O–H groups in total. The van der Waals surface area contributed by atoms with Crippen molar-refractivity contribution in [3.8, 4) is 5.69 Å². The van der Waals surface area contributed by atoms with Crippen molar-refractivity contribution in [2.75, 3.05) is 5.32 Å². The largest absolute Gasteiger partial charge is 0.380 e. The van der Waals surface area contributed by atoms with Gasteiger partial charge in [-0.2, -0.15) is 5.10 Å². The average molecular weight is 254 g/mol. The van der Waals surface area contributed by atoms with Crippen molar-refractivity contribution < 1.29 is 0 Å². The Labute approximate surface area is 112 Å². The second kappa shape index (κ2) is 4.37. The molecule has 1 aromatic heterocycles. The first-order valence-electron chi connectivity index (χ1n) is 7.12. The Kier molecular flexibility index (Phi) is 2.53. The molecule has 0 spiro atoms. The Hall–Kier alpha value is -1.84. The van der Waals surface area contributed by atoms with Crippen LogP contribution in [0.2, 0.25) is 0 Å². The smallest absolute Gasteiger partial charge is 0.138 e. The Bertz CT molecular complexity index is 543. The maximum Gasteiger partial charge on any atom is 0.138 e. The van der Waals surface area contributed by atoms with E-state index in [2.05, 4.69) is 33.6 Å². The number of hydrogen-bond donors (Lipinski definition) is 1. The summed E-state index contributed by atoms with van der Waals surface area (Å²) < 4.78 is 1.83. The van der Waals surface area contributed by atoms with Crippen LogP contribution in [0.1, 0.15) is 25.7 Å². The zero-order valence-electron chi connectivity index (χ0n) is 10.9. The maximum atomic E-state index is 4.24. The van der Waals surface area contributed by atoms with Gasteiger partial charge in [-0.1, -0.05) is 12.1 Å². The summed E-state index contributed by atoms with van der Waals surface area (Å²) in [5.41, 5.74) is 2.27. The van der Waals surface area contributed by atoms with Crippen LogP contribution in [0.5, 0.6) is 0 Å². The first kappa shape index (κ1) is 11.0. The molecule has 1 aromatic carbocycles. The number of rotatable bonds is 5. The van der Waals surface area contributed by atoms with E-state index in [1.165, 1.54) is 31.4 Å². The van der Waals surface area contributed by atoms with Crippen LogP contribution in [0.4, 0.5) is 5.69 Å². The highest BCUT2D eigenvalue weighted by molar-refractivity contribution is 5.61. The lowest BCUT2D eigenvalue weighted by atomic mass is 10.1. The van der Waals surface area contributed by atoms with Gasteiger partial charge >= 0.3 is 0 Å². The van der Waals surface area contributed by atoms with Gasteiger partial charge in [-0.3, -0.25) is 0 Å². The van der Waals surface area contributed by atoms with E-state index in [4.69, 9.17) is 0 Å². The van der Waals surface area contributed by atoms with Crippen molar-refractivity contribution in [2.24, 2.45) is 11.8 Å². The van der Waals surface area contributed by atoms with Crippen LogP contribution < -0.4 is 5.32 Å². The highest BCUT2D eigenvalue weighted by Gasteiger charge is 2.41. The van der Waals surface area contributed by atoms with E-state index in [1.54, 1.807) is 12.7 Å². The molecule has 1 heterocycles. The monoisotopic (exact) mass is 254 g/mol. The molecular formula is C15H18N4. The predicted octanol–water partition coefficient (Wildman–Crippen LogP) is 2.87. The fourth-order valence-corrected chi connectivity index (χ4v) is 2.84. The molecule has 19 heavy (non-hydrogen) atoms. The molecule has 2 aliphatic rings. The predicted molar refractivity (Wildman–Crippen MR) is 74.2 cm³/mol. The van der Waals surface area contributed by atoms with E-state index < -0.39 is 0 Å². The lowest BCUT2D eigenvalue weighted by Gasteiger charge is -2.21. The van der Waals surface area contributed by atoms with Crippen LogP contribution in [-0.2, 0) is 0 Å². The van der Waals surface area contributed by atoms with E-state index in [0.29, 0.717) is 6.04 Å². The van der Waals surface area contributed by atoms with Gasteiger partial charge in [-0.05, 0) is 49.7 Å². The van der Waals surface area contributed by atoms with Crippen molar-refractivity contribution in [2.45, 2.75) is 31.7 Å². The fraction of sp³-hybridized carbons (Fsp3) is 0.467. The van der Waals surface area contributed by atoms with Gasteiger partial charge in [0.2, 0.25) is 0 Å². The van der Waals surface area contributed by atoms with E-state index in [-0.39, 0.29) is 0 Å². The topological polar surface area (TPSA) is 42.7 Å². The van der Waals surface area contributed by atoms with E-state index in [9.17, 15) is 0 Å². The van der Waals surface area contributed by atoms with Crippen molar-refractivity contribution in [3.63, 3.8) is 0 Å². The average Bonchev–Trinajstić information content (AvgIpc) is 3.37. The van der Waals surface area contributed by atoms with Gasteiger partial charge in [-0.25, -0.2) is 9.67 Å². The summed E-state index contributed by atoms with van der Waals surface area (Å²) >= 11 is 0. The van der Waals surface area contributed by atoms with Crippen LogP contribution in [0.15, 0.2) is 36.9 Å². The van der Waals surface area contributed by atoms with Gasteiger partial charge in [0.25, 0.3) is 0 Å². The standard InChI is InChI=1S/C15H18N4/c1-2-4-14(19-10-16-9-17-19)13(3-1)18-15(11-5-6-11)12-7-8-12/h1-4,9-12,15,18H,5-8H2. The molecule has 2 fully saturated rings. The summed E-state index contributed by atoms with van der Waals surface area (Å²) in [5, 5.41) is 8.01. The quantitative estimate of drug-likeness (QED) is 0.892. The molecule has 0 aliphatic heterocycles. The van der Waals surface area contributed by atoms with Crippen molar-refractivity contribution in [1.29, 1.82) is 0 Å². The maximum absolute atomic E-state index is 4.24. The molecule has 2 saturated carbocycles. The highest BCUT2D eigenvalue weighted by Crippen LogP contribution is 2.46. The molecule has 98 valence electrons. The SMILES string of the molecule is c1ccc(-n2cncn2)c(NC(C2CC2)C2CC2)c1. The summed E-state index contributed by atoms with van der Waals surface area (Å²) in [5.74, 6) is 1.77. The molecule has 4 nitrogen and oxygen atoms in total. The first-order chi connectivity index (χ1) is 9.42. The molecule has 0 amide bonds. The second-order valence-electron chi connectivity index (χ2n) is 5.70. The third-order valence-corrected chi connectivity index (χ3v) is 4.15. The molecule has 0 bridgehead atoms. The Morgan fingerprint density at radius 2 is 1.84 bits per heavy atom. The molecule has 4 rings (SSSR count). The summed E-state index contributed by atoms with van der Waals surface area (Å²) in [6.45, 7) is 0. The minimum atomic E-state index is 0.657. The minimum Gasteiger partial charge on any atom is -0.380 e. The summed E-state index contributed by atoms with van der Waals surface area (Å²) in [4.78, 5) is 4.04. The van der Waals surface area contributed by atoms with Gasteiger partial charge < -0.3 is 5.32 Å². The van der Waals surface area contributed by atoms with E-state index in [1.807, 2.05) is 10.7 Å². The van der Waals surface area contributed by atoms with Crippen LogP contribution in [0.3, 0.4) is 0 Å². The van der Waals surface area contributed by atoms with Gasteiger partial charge in [0, 0.05) is 6.04 Å². The number of hydrogen-bond acceptors (Lipinski definition) is 3. The van der Waals surface area contributed by atoms with Crippen molar-refractivity contribution in [3.05, 3.63) is 36.9 Å². The van der Waals surface area contributed by atoms with Gasteiger partial charge in [0.1, 0.15) is 12.7 Å². The molecular weight excluding hydrogens is 236 g/mol. The van der Waals surface area contributed by atoms with Crippen LogP contribution in [0.25, 0.3) is 5.69 Å². The number of nitrogens with one attached hydrogen (secondary N) is 1. The van der Waals surface area contributed by atoms with Crippen LogP contribution in [0, 0.1) is 11.8 Å². The van der Waals surface area contributed by atoms with Crippen LogP contribution >= 0.6 is 0 Å². The van der Waals surface area contributed by atoms with Gasteiger partial charge in [0.15, 0.2) is 0 Å². The number of para-hydroxylation sites is 2. The zero-order valence-corrected chi connectivity index (χ0v) is 10.9. The molecule has 4 heteroatoms.